The first-order valence-electron chi connectivity index (χ1n) is 1.53. The van der Waals surface area contributed by atoms with Gasteiger partial charge in [-0.25, -0.2) is 9.13 Å². The monoisotopic (exact) mass is 268 g/mol. The first kappa shape index (κ1) is 24.7. The number of hydrogen-bond donors (Lipinski definition) is 4. The molecule has 0 fully saturated rings. The van der Waals surface area contributed by atoms with Crippen molar-refractivity contribution >= 4 is 53.4 Å². The van der Waals surface area contributed by atoms with Crippen LogP contribution in [0.5, 0.6) is 0 Å². The van der Waals surface area contributed by atoms with Crippen molar-refractivity contribution in [3.05, 3.63) is 0 Å². The summed E-state index contributed by atoms with van der Waals surface area (Å²) in [5.74, 6) is 0. The molecule has 12 heavy (non-hydrogen) atoms. The Morgan fingerprint density at radius 3 is 1.08 bits per heavy atom. The molecule has 0 aliphatic rings. The maximum Gasteiger partial charge on any atom is 2.00 e. The molecule has 0 aliphatic carbocycles. The van der Waals surface area contributed by atoms with Crippen LogP contribution in [0.3, 0.4) is 0 Å². The molecule has 64 valence electrons. The van der Waals surface area contributed by atoms with E-state index in [1.807, 2.05) is 0 Å². The van der Waals surface area contributed by atoms with Gasteiger partial charge in [0, 0.05) is 0 Å². The average Bonchev–Trinajstić information content (AvgIpc) is 1.14. The van der Waals surface area contributed by atoms with Gasteiger partial charge in [0.25, 0.3) is 0 Å². The second-order valence-corrected chi connectivity index (χ2v) is 3.68. The molecule has 7 nitrogen and oxygen atoms in total. The van der Waals surface area contributed by atoms with Crippen molar-refractivity contribution in [2.75, 3.05) is 0 Å². The van der Waals surface area contributed by atoms with Gasteiger partial charge in [0.2, 0.25) is 0 Å². The van der Waals surface area contributed by atoms with Crippen molar-refractivity contribution in [3.63, 3.8) is 0 Å². The number of phosphoric acid groups is 2. The smallest absolute Gasteiger partial charge is 1.00 e. The zero-order chi connectivity index (χ0) is 7.71. The molecule has 0 spiro atoms. The molecular weight excluding hydrogens is 260 g/mol. The number of rotatable bonds is 2. The molecule has 12 heteroatoms. The van der Waals surface area contributed by atoms with E-state index in [1.54, 1.807) is 0 Å². The van der Waals surface area contributed by atoms with Gasteiger partial charge in [-0.15, -0.1) is 0 Å². The van der Waals surface area contributed by atoms with Gasteiger partial charge in [0.05, 0.1) is 0 Å². The molecule has 0 aliphatic heterocycles. The van der Waals surface area contributed by atoms with E-state index in [2.05, 4.69) is 4.31 Å². The van der Waals surface area contributed by atoms with Crippen molar-refractivity contribution in [2.24, 2.45) is 0 Å². The summed E-state index contributed by atoms with van der Waals surface area (Å²) < 4.78 is 22.2. The summed E-state index contributed by atoms with van der Waals surface area (Å²) in [5.41, 5.74) is 0. The largest absolute Gasteiger partial charge is 2.00 e. The van der Waals surface area contributed by atoms with E-state index in [4.69, 9.17) is 19.6 Å². The Morgan fingerprint density at radius 2 is 1.08 bits per heavy atom. The molecule has 0 rings (SSSR count). The van der Waals surface area contributed by atoms with Gasteiger partial charge in [-0.3, -0.25) is 0 Å². The molecule has 0 bridgehead atoms. The summed E-state index contributed by atoms with van der Waals surface area (Å²) in [5, 5.41) is 0. The van der Waals surface area contributed by atoms with Gasteiger partial charge >= 0.3 is 112 Å². The van der Waals surface area contributed by atoms with Gasteiger partial charge in [-0.2, -0.15) is 4.31 Å². The summed E-state index contributed by atoms with van der Waals surface area (Å²) in [4.78, 5) is 31.0. The van der Waals surface area contributed by atoms with E-state index in [1.165, 1.54) is 0 Å². The van der Waals surface area contributed by atoms with Crippen molar-refractivity contribution in [1.82, 2.24) is 0 Å². The Morgan fingerprint density at radius 1 is 0.917 bits per heavy atom. The molecule has 0 aromatic rings. The molecule has 0 radical (unpaired) electrons. The van der Waals surface area contributed by atoms with Crippen LogP contribution >= 0.6 is 15.6 Å². The molecule has 0 heterocycles. The van der Waals surface area contributed by atoms with Crippen LogP contribution < -0.4 is 59.1 Å². The van der Waals surface area contributed by atoms with Gasteiger partial charge < -0.3 is 25.3 Å². The van der Waals surface area contributed by atoms with E-state index in [-0.39, 0.29) is 103 Å². The third kappa shape index (κ3) is 23.4. The quantitative estimate of drug-likeness (QED) is 0.290. The normalized spacial score (nSPS) is 10.3. The number of hydrogen-bond acceptors (Lipinski definition) is 3. The van der Waals surface area contributed by atoms with Crippen LogP contribution in [0.15, 0.2) is 0 Å². The minimum Gasteiger partial charge on any atom is -1.00 e. The second-order valence-electron chi connectivity index (χ2n) is 1.06. The Balaban J connectivity index is -0.0000000152. The first-order valence-corrected chi connectivity index (χ1v) is 4.59. The van der Waals surface area contributed by atoms with Crippen LogP contribution in [-0.2, 0) is 13.4 Å². The summed E-state index contributed by atoms with van der Waals surface area (Å²) in [7, 11) is -10.1. The Labute approximate surface area is 149 Å². The fourth-order valence-corrected chi connectivity index (χ4v) is 1.25. The molecule has 4 N–H and O–H groups in total. The van der Waals surface area contributed by atoms with E-state index in [0.717, 1.165) is 0 Å². The molecule has 0 aromatic heterocycles. The summed E-state index contributed by atoms with van der Waals surface area (Å²) in [6, 6.07) is 0. The average molecular weight is 268 g/mol. The van der Waals surface area contributed by atoms with Gasteiger partial charge in [0.15, 0.2) is 0 Å². The van der Waals surface area contributed by atoms with Crippen molar-refractivity contribution in [2.45, 2.75) is 0 Å². The predicted molar refractivity (Wildman–Crippen MR) is 35.4 cm³/mol. The van der Waals surface area contributed by atoms with Crippen molar-refractivity contribution < 1.29 is 97.8 Å². The fraction of sp³-hybridized carbons (Fsp3) is 0. The van der Waals surface area contributed by atoms with E-state index >= 15 is 0 Å². The third-order valence-corrected chi connectivity index (χ3v) is 1.91. The van der Waals surface area contributed by atoms with Crippen LogP contribution in [0, 0.1) is 0 Å². The SMILES string of the molecule is O=P(O)(O)OP(=O)(O)O.[Ca+2].[H-].[H-].[H-].[H-].[Na+].[Na+]. The Kier molecular flexibility index (Phi) is 20.0. The maximum absolute atomic E-state index is 9.63. The molecule has 0 unspecified atom stereocenters. The Hall–Kier alpha value is 3.52. The topological polar surface area (TPSA) is 124 Å². The van der Waals surface area contributed by atoms with E-state index < -0.39 is 15.6 Å². The van der Waals surface area contributed by atoms with Crippen LogP contribution in [-0.4, -0.2) is 57.3 Å². The van der Waals surface area contributed by atoms with Gasteiger partial charge in [0.1, 0.15) is 0 Å². The van der Waals surface area contributed by atoms with Crippen LogP contribution in [0.4, 0.5) is 0 Å². The molecule has 0 aromatic carbocycles. The molecule has 0 amide bonds. The summed E-state index contributed by atoms with van der Waals surface area (Å²) in [6.45, 7) is 0. The van der Waals surface area contributed by atoms with Crippen molar-refractivity contribution in [3.8, 4) is 0 Å². The first-order chi connectivity index (χ1) is 3.71. The Bertz CT molecular complexity index is 173. The van der Waals surface area contributed by atoms with E-state index in [9.17, 15) is 9.13 Å². The zero-order valence-electron chi connectivity index (χ0n) is 10.6. The minimum absolute atomic E-state index is 0. The van der Waals surface area contributed by atoms with Gasteiger partial charge in [-0.1, -0.05) is 0 Å². The predicted octanol–water partition coefficient (Wildman–Crippen LogP) is -6.73. The summed E-state index contributed by atoms with van der Waals surface area (Å²) >= 11 is 0. The van der Waals surface area contributed by atoms with Crippen LogP contribution in [0.1, 0.15) is 5.71 Å². The van der Waals surface area contributed by atoms with Crippen LogP contribution in [0.25, 0.3) is 0 Å². The van der Waals surface area contributed by atoms with Crippen molar-refractivity contribution in [1.29, 1.82) is 0 Å². The zero-order valence-corrected chi connectivity index (χ0v) is 14.6. The molecule has 0 saturated carbocycles. The molecule has 0 saturated heterocycles. The maximum atomic E-state index is 9.63. The third-order valence-electron chi connectivity index (χ3n) is 0.213. The standard InChI is InChI=1S/Ca.2Na.H4O7P2.4H/c;;;1-8(2,3)7-9(4,5)6;;;;/h;;;(H2,1,2,3)(H2,4,5,6);;;;/q+2;2*+1;;4*-1. The molecule has 0 atom stereocenters. The second kappa shape index (κ2) is 9.72. The summed E-state index contributed by atoms with van der Waals surface area (Å²) in [6.07, 6.45) is 0. The van der Waals surface area contributed by atoms with E-state index in [0.29, 0.717) is 0 Å². The minimum atomic E-state index is -5.05. The van der Waals surface area contributed by atoms with Crippen LogP contribution in [0.2, 0.25) is 0 Å². The van der Waals surface area contributed by atoms with Gasteiger partial charge in [-0.05, 0) is 0 Å². The molecular formula is H8CaNa2O7P2. The fourth-order valence-electron chi connectivity index (χ4n) is 0.139.